The van der Waals surface area contributed by atoms with Gasteiger partial charge in [-0.2, -0.15) is 0 Å². The van der Waals surface area contributed by atoms with E-state index >= 15 is 0 Å². The minimum atomic E-state index is 0.621. The standard InChI is InChI=1S/C14H17N3O/c1-3-18-13-7-5-4-6-12(13)17-14-11(15)8-10(2)9-16-14/h4-9H,3,15H2,1-2H3,(H,16,17). The van der Waals surface area contributed by atoms with E-state index in [0.717, 1.165) is 17.0 Å². The van der Waals surface area contributed by atoms with Gasteiger partial charge in [0.1, 0.15) is 5.75 Å². The Balaban J connectivity index is 2.28. The van der Waals surface area contributed by atoms with Crippen LogP contribution >= 0.6 is 0 Å². The number of pyridine rings is 1. The largest absolute Gasteiger partial charge is 0.492 e. The van der Waals surface area contributed by atoms with Gasteiger partial charge in [0.2, 0.25) is 0 Å². The van der Waals surface area contributed by atoms with Crippen molar-refractivity contribution in [3.05, 3.63) is 42.1 Å². The second kappa shape index (κ2) is 5.40. The van der Waals surface area contributed by atoms with Crippen molar-refractivity contribution in [3.63, 3.8) is 0 Å². The van der Waals surface area contributed by atoms with Crippen LogP contribution in [0.2, 0.25) is 0 Å². The van der Waals surface area contributed by atoms with Gasteiger partial charge >= 0.3 is 0 Å². The highest BCUT2D eigenvalue weighted by Gasteiger charge is 2.06. The van der Waals surface area contributed by atoms with Gasteiger partial charge < -0.3 is 15.8 Å². The molecule has 2 rings (SSSR count). The van der Waals surface area contributed by atoms with Crippen molar-refractivity contribution >= 4 is 17.2 Å². The molecule has 0 aliphatic carbocycles. The Kier molecular flexibility index (Phi) is 3.67. The summed E-state index contributed by atoms with van der Waals surface area (Å²) >= 11 is 0. The monoisotopic (exact) mass is 243 g/mol. The van der Waals surface area contributed by atoms with E-state index in [-0.39, 0.29) is 0 Å². The van der Waals surface area contributed by atoms with Crippen molar-refractivity contribution in [3.8, 4) is 5.75 Å². The number of nitrogen functional groups attached to an aromatic ring is 1. The molecular formula is C14H17N3O. The number of anilines is 3. The Bertz CT molecular complexity index is 540. The molecule has 0 atom stereocenters. The van der Waals surface area contributed by atoms with Gasteiger partial charge in [-0.1, -0.05) is 12.1 Å². The quantitative estimate of drug-likeness (QED) is 0.866. The molecule has 0 unspecified atom stereocenters. The Labute approximate surface area is 107 Å². The Hall–Kier alpha value is -2.23. The van der Waals surface area contributed by atoms with Crippen molar-refractivity contribution in [1.82, 2.24) is 4.98 Å². The van der Waals surface area contributed by atoms with Gasteiger partial charge in [0.05, 0.1) is 18.0 Å². The molecular weight excluding hydrogens is 226 g/mol. The molecule has 4 heteroatoms. The lowest BCUT2D eigenvalue weighted by molar-refractivity contribution is 0.342. The molecule has 1 heterocycles. The average Bonchev–Trinajstić information content (AvgIpc) is 2.35. The number of rotatable bonds is 4. The third-order valence-corrected chi connectivity index (χ3v) is 2.49. The number of nitrogens with two attached hydrogens (primary N) is 1. The van der Waals surface area contributed by atoms with Gasteiger partial charge in [-0.15, -0.1) is 0 Å². The van der Waals surface area contributed by atoms with Crippen molar-refractivity contribution in [2.75, 3.05) is 17.7 Å². The summed E-state index contributed by atoms with van der Waals surface area (Å²) in [4.78, 5) is 4.28. The van der Waals surface area contributed by atoms with Crippen LogP contribution in [0.15, 0.2) is 36.5 Å². The molecule has 0 saturated heterocycles. The normalized spacial score (nSPS) is 10.1. The lowest BCUT2D eigenvalue weighted by atomic mass is 10.2. The lowest BCUT2D eigenvalue weighted by Gasteiger charge is -2.13. The number of hydrogen-bond donors (Lipinski definition) is 2. The van der Waals surface area contributed by atoms with Crippen LogP contribution in [-0.2, 0) is 0 Å². The summed E-state index contributed by atoms with van der Waals surface area (Å²) in [5.41, 5.74) is 8.46. The number of hydrogen-bond acceptors (Lipinski definition) is 4. The summed E-state index contributed by atoms with van der Waals surface area (Å²) in [7, 11) is 0. The highest BCUT2D eigenvalue weighted by atomic mass is 16.5. The molecule has 0 aliphatic rings. The SMILES string of the molecule is CCOc1ccccc1Nc1ncc(C)cc1N. The summed E-state index contributed by atoms with van der Waals surface area (Å²) in [5, 5.41) is 3.19. The van der Waals surface area contributed by atoms with Gasteiger partial charge in [0.15, 0.2) is 5.82 Å². The van der Waals surface area contributed by atoms with E-state index in [0.29, 0.717) is 18.1 Å². The fourth-order valence-electron chi connectivity index (χ4n) is 1.68. The smallest absolute Gasteiger partial charge is 0.153 e. The summed E-state index contributed by atoms with van der Waals surface area (Å²) in [6.07, 6.45) is 1.78. The molecule has 0 amide bonds. The molecule has 4 nitrogen and oxygen atoms in total. The highest BCUT2D eigenvalue weighted by molar-refractivity contribution is 5.72. The zero-order chi connectivity index (χ0) is 13.0. The minimum absolute atomic E-state index is 0.621. The zero-order valence-electron chi connectivity index (χ0n) is 10.6. The van der Waals surface area contributed by atoms with E-state index in [4.69, 9.17) is 10.5 Å². The molecule has 0 bridgehead atoms. The van der Waals surface area contributed by atoms with E-state index in [9.17, 15) is 0 Å². The molecule has 0 saturated carbocycles. The van der Waals surface area contributed by atoms with Crippen LogP contribution in [0.25, 0.3) is 0 Å². The Morgan fingerprint density at radius 1 is 1.33 bits per heavy atom. The van der Waals surface area contributed by atoms with E-state index in [1.165, 1.54) is 0 Å². The molecule has 94 valence electrons. The van der Waals surface area contributed by atoms with Crippen molar-refractivity contribution in [2.24, 2.45) is 0 Å². The maximum Gasteiger partial charge on any atom is 0.153 e. The van der Waals surface area contributed by atoms with Crippen molar-refractivity contribution < 1.29 is 4.74 Å². The fourth-order valence-corrected chi connectivity index (χ4v) is 1.68. The predicted molar refractivity (Wildman–Crippen MR) is 74.3 cm³/mol. The maximum absolute atomic E-state index is 5.93. The summed E-state index contributed by atoms with van der Waals surface area (Å²) in [5.74, 6) is 1.44. The molecule has 1 aromatic heterocycles. The van der Waals surface area contributed by atoms with E-state index in [2.05, 4.69) is 10.3 Å². The van der Waals surface area contributed by atoms with Crippen LogP contribution in [0.3, 0.4) is 0 Å². The molecule has 0 radical (unpaired) electrons. The van der Waals surface area contributed by atoms with Crippen LogP contribution in [-0.4, -0.2) is 11.6 Å². The molecule has 1 aromatic carbocycles. The molecule has 18 heavy (non-hydrogen) atoms. The van der Waals surface area contributed by atoms with Gasteiger partial charge in [-0.05, 0) is 37.6 Å². The molecule has 0 fully saturated rings. The molecule has 0 aliphatic heterocycles. The molecule has 3 N–H and O–H groups in total. The van der Waals surface area contributed by atoms with Crippen LogP contribution in [0.4, 0.5) is 17.2 Å². The topological polar surface area (TPSA) is 60.2 Å². The van der Waals surface area contributed by atoms with Gasteiger partial charge in [-0.3, -0.25) is 0 Å². The number of nitrogens with one attached hydrogen (secondary N) is 1. The first-order valence-corrected chi connectivity index (χ1v) is 5.91. The zero-order valence-corrected chi connectivity index (χ0v) is 10.6. The Morgan fingerprint density at radius 2 is 2.11 bits per heavy atom. The van der Waals surface area contributed by atoms with Crippen LogP contribution in [0.1, 0.15) is 12.5 Å². The van der Waals surface area contributed by atoms with Crippen molar-refractivity contribution in [2.45, 2.75) is 13.8 Å². The summed E-state index contributed by atoms with van der Waals surface area (Å²) in [6.45, 7) is 4.53. The molecule has 0 spiro atoms. The third kappa shape index (κ3) is 2.71. The Morgan fingerprint density at radius 3 is 2.83 bits per heavy atom. The second-order valence-corrected chi connectivity index (χ2v) is 4.00. The maximum atomic E-state index is 5.93. The highest BCUT2D eigenvalue weighted by Crippen LogP contribution is 2.28. The first kappa shape index (κ1) is 12.2. The second-order valence-electron chi connectivity index (χ2n) is 4.00. The van der Waals surface area contributed by atoms with Gasteiger partial charge in [-0.25, -0.2) is 4.98 Å². The van der Waals surface area contributed by atoms with Crippen LogP contribution < -0.4 is 15.8 Å². The number of aromatic nitrogens is 1. The number of nitrogens with zero attached hydrogens (tertiary/aromatic N) is 1. The lowest BCUT2D eigenvalue weighted by Crippen LogP contribution is -2.02. The van der Waals surface area contributed by atoms with E-state index in [1.807, 2.05) is 44.2 Å². The fraction of sp³-hybridized carbons (Fsp3) is 0.214. The van der Waals surface area contributed by atoms with E-state index < -0.39 is 0 Å². The predicted octanol–water partition coefficient (Wildman–Crippen LogP) is 3.11. The number of aryl methyl sites for hydroxylation is 1. The number of benzene rings is 1. The minimum Gasteiger partial charge on any atom is -0.492 e. The van der Waals surface area contributed by atoms with Gasteiger partial charge in [0.25, 0.3) is 0 Å². The summed E-state index contributed by atoms with van der Waals surface area (Å²) in [6, 6.07) is 9.61. The van der Waals surface area contributed by atoms with E-state index in [1.54, 1.807) is 6.20 Å². The van der Waals surface area contributed by atoms with Crippen molar-refractivity contribution in [1.29, 1.82) is 0 Å². The number of ether oxygens (including phenoxy) is 1. The van der Waals surface area contributed by atoms with Crippen LogP contribution in [0, 0.1) is 6.92 Å². The number of para-hydroxylation sites is 2. The van der Waals surface area contributed by atoms with Crippen LogP contribution in [0.5, 0.6) is 5.75 Å². The first-order valence-electron chi connectivity index (χ1n) is 5.91. The summed E-state index contributed by atoms with van der Waals surface area (Å²) < 4.78 is 5.54. The average molecular weight is 243 g/mol. The third-order valence-electron chi connectivity index (χ3n) is 2.49. The first-order chi connectivity index (χ1) is 8.70. The molecule has 2 aromatic rings. The van der Waals surface area contributed by atoms with Gasteiger partial charge in [0, 0.05) is 6.20 Å².